The quantitative estimate of drug-likeness (QED) is 0.846. The first kappa shape index (κ1) is 16.5. The van der Waals surface area contributed by atoms with E-state index in [4.69, 9.17) is 0 Å². The average molecular weight is 351 g/mol. The van der Waals surface area contributed by atoms with Crippen LogP contribution in [0.5, 0.6) is 0 Å². The van der Waals surface area contributed by atoms with Crippen molar-refractivity contribution in [2.75, 3.05) is 18.8 Å². The summed E-state index contributed by atoms with van der Waals surface area (Å²) in [5.41, 5.74) is 1.22. The van der Waals surface area contributed by atoms with E-state index in [1.165, 1.54) is 28.1 Å². The molecule has 0 saturated carbocycles. The van der Waals surface area contributed by atoms with E-state index in [0.717, 1.165) is 18.2 Å². The fourth-order valence-corrected chi connectivity index (χ4v) is 5.54. The van der Waals surface area contributed by atoms with Crippen LogP contribution in [0.3, 0.4) is 0 Å². The van der Waals surface area contributed by atoms with Crippen molar-refractivity contribution in [1.82, 2.24) is 4.31 Å². The zero-order valence-electron chi connectivity index (χ0n) is 12.6. The molecule has 0 spiro atoms. The molecule has 122 valence electrons. The lowest BCUT2D eigenvalue weighted by molar-refractivity contribution is 0.427. The highest BCUT2D eigenvalue weighted by atomic mass is 32.2. The molecule has 3 nitrogen and oxygen atoms in total. The van der Waals surface area contributed by atoms with Gasteiger partial charge in [0.05, 0.1) is 4.90 Å². The van der Waals surface area contributed by atoms with E-state index in [-0.39, 0.29) is 4.90 Å². The Kier molecular flexibility index (Phi) is 5.04. The molecule has 2 aromatic carbocycles. The van der Waals surface area contributed by atoms with E-state index in [1.807, 2.05) is 18.2 Å². The van der Waals surface area contributed by atoms with Gasteiger partial charge in [-0.25, -0.2) is 12.8 Å². The van der Waals surface area contributed by atoms with Crippen LogP contribution in [-0.2, 0) is 10.0 Å². The predicted octanol–water partition coefficient (Wildman–Crippen LogP) is 3.69. The van der Waals surface area contributed by atoms with Crippen molar-refractivity contribution in [2.24, 2.45) is 0 Å². The summed E-state index contributed by atoms with van der Waals surface area (Å²) in [7, 11) is -3.63. The van der Waals surface area contributed by atoms with Crippen molar-refractivity contribution >= 4 is 21.8 Å². The number of benzene rings is 2. The standard InChI is InChI=1S/C17H18FNO2S2/c18-15-7-4-8-16(13-15)23(20,21)19-10-9-17(22-12-11-19)14-5-2-1-3-6-14/h1-8,13,17H,9-12H2. The molecule has 1 fully saturated rings. The molecule has 2 aromatic rings. The molecule has 0 radical (unpaired) electrons. The van der Waals surface area contributed by atoms with Crippen molar-refractivity contribution in [3.63, 3.8) is 0 Å². The van der Waals surface area contributed by atoms with E-state index in [0.29, 0.717) is 18.3 Å². The maximum absolute atomic E-state index is 13.3. The third-order valence-corrected chi connectivity index (χ3v) is 7.13. The third-order valence-electron chi connectivity index (χ3n) is 3.91. The normalized spacial score (nSPS) is 20.1. The number of halogens is 1. The molecule has 0 aliphatic carbocycles. The van der Waals surface area contributed by atoms with Gasteiger partial charge in [-0.15, -0.1) is 0 Å². The Balaban J connectivity index is 1.77. The summed E-state index contributed by atoms with van der Waals surface area (Å²) < 4.78 is 40.2. The molecule has 0 amide bonds. The van der Waals surface area contributed by atoms with Gasteiger partial charge >= 0.3 is 0 Å². The second-order valence-electron chi connectivity index (χ2n) is 5.42. The van der Waals surface area contributed by atoms with Gasteiger partial charge in [0.2, 0.25) is 10.0 Å². The smallest absolute Gasteiger partial charge is 0.207 e. The van der Waals surface area contributed by atoms with Gasteiger partial charge in [0.1, 0.15) is 5.82 Å². The fourth-order valence-electron chi connectivity index (χ4n) is 2.70. The van der Waals surface area contributed by atoms with Gasteiger partial charge in [-0.1, -0.05) is 36.4 Å². The van der Waals surface area contributed by atoms with Crippen molar-refractivity contribution in [2.45, 2.75) is 16.6 Å². The number of hydrogen-bond acceptors (Lipinski definition) is 3. The first-order chi connectivity index (χ1) is 11.1. The van der Waals surface area contributed by atoms with Crippen molar-refractivity contribution < 1.29 is 12.8 Å². The van der Waals surface area contributed by atoms with Crippen LogP contribution >= 0.6 is 11.8 Å². The van der Waals surface area contributed by atoms with E-state index >= 15 is 0 Å². The van der Waals surface area contributed by atoms with E-state index < -0.39 is 15.8 Å². The molecular weight excluding hydrogens is 333 g/mol. The Bertz CT molecular complexity index is 765. The minimum Gasteiger partial charge on any atom is -0.207 e. The number of rotatable bonds is 3. The molecule has 0 N–H and O–H groups in total. The molecule has 0 bridgehead atoms. The van der Waals surface area contributed by atoms with Crippen LogP contribution in [0.15, 0.2) is 59.5 Å². The topological polar surface area (TPSA) is 37.4 Å². The van der Waals surface area contributed by atoms with Gasteiger partial charge in [-0.2, -0.15) is 16.1 Å². The Labute approximate surface area is 140 Å². The Morgan fingerprint density at radius 2 is 1.83 bits per heavy atom. The minimum atomic E-state index is -3.63. The molecule has 6 heteroatoms. The first-order valence-electron chi connectivity index (χ1n) is 7.49. The predicted molar refractivity (Wildman–Crippen MR) is 91.4 cm³/mol. The molecule has 23 heavy (non-hydrogen) atoms. The van der Waals surface area contributed by atoms with Gasteiger partial charge in [-0.05, 0) is 30.2 Å². The number of nitrogens with zero attached hydrogens (tertiary/aromatic N) is 1. The summed E-state index contributed by atoms with van der Waals surface area (Å²) in [5.74, 6) is 0.200. The van der Waals surface area contributed by atoms with E-state index in [9.17, 15) is 12.8 Å². The van der Waals surface area contributed by atoms with Crippen LogP contribution < -0.4 is 0 Å². The summed E-state index contributed by atoms with van der Waals surface area (Å²) in [6.07, 6.45) is 0.753. The van der Waals surface area contributed by atoms with Crippen LogP contribution in [-0.4, -0.2) is 31.6 Å². The Morgan fingerprint density at radius 3 is 2.57 bits per heavy atom. The molecule has 1 unspecified atom stereocenters. The van der Waals surface area contributed by atoms with E-state index in [2.05, 4.69) is 12.1 Å². The first-order valence-corrected chi connectivity index (χ1v) is 9.98. The van der Waals surface area contributed by atoms with Crippen molar-refractivity contribution in [3.05, 3.63) is 66.0 Å². The summed E-state index contributed by atoms with van der Waals surface area (Å²) in [5, 5.41) is 0.295. The SMILES string of the molecule is O=S(=O)(c1cccc(F)c1)N1CCSC(c2ccccc2)CC1. The van der Waals surface area contributed by atoms with Crippen molar-refractivity contribution in [3.8, 4) is 0 Å². The fraction of sp³-hybridized carbons (Fsp3) is 0.294. The summed E-state index contributed by atoms with van der Waals surface area (Å²) in [6, 6.07) is 15.4. The lowest BCUT2D eigenvalue weighted by atomic mass is 10.1. The summed E-state index contributed by atoms with van der Waals surface area (Å²) >= 11 is 1.78. The van der Waals surface area contributed by atoms with Crippen LogP contribution in [0.2, 0.25) is 0 Å². The van der Waals surface area contributed by atoms with Crippen LogP contribution in [0.4, 0.5) is 4.39 Å². The van der Waals surface area contributed by atoms with Gasteiger partial charge in [-0.3, -0.25) is 0 Å². The van der Waals surface area contributed by atoms with Gasteiger partial charge in [0.25, 0.3) is 0 Å². The minimum absolute atomic E-state index is 0.0284. The maximum Gasteiger partial charge on any atom is 0.243 e. The number of sulfonamides is 1. The van der Waals surface area contributed by atoms with Crippen LogP contribution in [0.25, 0.3) is 0 Å². The number of thioether (sulfide) groups is 1. The van der Waals surface area contributed by atoms with Gasteiger partial charge in [0.15, 0.2) is 0 Å². The highest BCUT2D eigenvalue weighted by Crippen LogP contribution is 2.35. The molecular formula is C17H18FNO2S2. The molecule has 1 heterocycles. The van der Waals surface area contributed by atoms with Gasteiger partial charge in [0, 0.05) is 24.1 Å². The average Bonchev–Trinajstić information content (AvgIpc) is 2.82. The second-order valence-corrected chi connectivity index (χ2v) is 8.67. The second kappa shape index (κ2) is 7.03. The summed E-state index contributed by atoms with van der Waals surface area (Å²) in [4.78, 5) is 0.0284. The highest BCUT2D eigenvalue weighted by Gasteiger charge is 2.28. The van der Waals surface area contributed by atoms with Crippen molar-refractivity contribution in [1.29, 1.82) is 0 Å². The molecule has 1 aliphatic rings. The molecule has 1 atom stereocenters. The van der Waals surface area contributed by atoms with E-state index in [1.54, 1.807) is 11.8 Å². The maximum atomic E-state index is 13.3. The lowest BCUT2D eigenvalue weighted by Crippen LogP contribution is -2.33. The molecule has 0 aromatic heterocycles. The largest absolute Gasteiger partial charge is 0.243 e. The lowest BCUT2D eigenvalue weighted by Gasteiger charge is -2.20. The Morgan fingerprint density at radius 1 is 1.04 bits per heavy atom. The zero-order chi connectivity index (χ0) is 16.3. The third kappa shape index (κ3) is 3.76. The van der Waals surface area contributed by atoms with Gasteiger partial charge < -0.3 is 0 Å². The molecule has 3 rings (SSSR count). The van der Waals surface area contributed by atoms with Crippen LogP contribution in [0.1, 0.15) is 17.2 Å². The highest BCUT2D eigenvalue weighted by molar-refractivity contribution is 7.99. The monoisotopic (exact) mass is 351 g/mol. The number of hydrogen-bond donors (Lipinski definition) is 0. The Hall–Kier alpha value is -1.37. The molecule has 1 saturated heterocycles. The summed E-state index contributed by atoms with van der Waals surface area (Å²) in [6.45, 7) is 0.901. The molecule has 1 aliphatic heterocycles. The zero-order valence-corrected chi connectivity index (χ0v) is 14.2. The van der Waals surface area contributed by atoms with Crippen LogP contribution in [0, 0.1) is 5.82 Å².